The molecule has 0 aliphatic carbocycles. The molecule has 0 spiro atoms. The molecule has 0 saturated carbocycles. The third-order valence-electron chi connectivity index (χ3n) is 2.57. The van der Waals surface area contributed by atoms with Crippen LogP contribution in [0.3, 0.4) is 0 Å². The summed E-state index contributed by atoms with van der Waals surface area (Å²) >= 11 is 0. The molecule has 6 nitrogen and oxygen atoms in total. The third-order valence-corrected chi connectivity index (χ3v) is 3.72. The molecule has 0 fully saturated rings. The van der Waals surface area contributed by atoms with Crippen molar-refractivity contribution in [3.63, 3.8) is 0 Å². The summed E-state index contributed by atoms with van der Waals surface area (Å²) in [6.07, 6.45) is 0.784. The fourth-order valence-corrected chi connectivity index (χ4v) is 2.41. The Morgan fingerprint density at radius 2 is 2.05 bits per heavy atom. The number of benzene rings is 1. The van der Waals surface area contributed by atoms with E-state index in [0.717, 1.165) is 6.26 Å². The molecule has 0 aliphatic heterocycles. The number of anilines is 1. The third kappa shape index (κ3) is 4.62. The fraction of sp³-hybridized carbons (Fsp3) is 0.417. The van der Waals surface area contributed by atoms with Crippen LogP contribution in [0.4, 0.5) is 5.69 Å². The molecular weight excluding hydrogens is 268 g/mol. The van der Waals surface area contributed by atoms with E-state index in [-0.39, 0.29) is 35.6 Å². The van der Waals surface area contributed by atoms with E-state index >= 15 is 0 Å². The zero-order chi connectivity index (χ0) is 14.5. The topological polar surface area (TPSA) is 98.5 Å². The van der Waals surface area contributed by atoms with Crippen molar-refractivity contribution < 1.29 is 17.9 Å². The number of ether oxygens (including phenoxy) is 1. The van der Waals surface area contributed by atoms with Gasteiger partial charge < -0.3 is 15.8 Å². The Kier molecular flexibility index (Phi) is 5.46. The molecule has 0 saturated heterocycles. The van der Waals surface area contributed by atoms with E-state index in [9.17, 15) is 13.2 Å². The minimum absolute atomic E-state index is 0.0745. The Balaban J connectivity index is 2.86. The molecule has 1 aromatic rings. The number of methoxy groups -OCH3 is 1. The second-order valence-corrected chi connectivity index (χ2v) is 6.10. The second kappa shape index (κ2) is 6.65. The van der Waals surface area contributed by atoms with Crippen LogP contribution in [-0.4, -0.2) is 40.3 Å². The summed E-state index contributed by atoms with van der Waals surface area (Å²) in [5.41, 5.74) is 5.69. The van der Waals surface area contributed by atoms with Gasteiger partial charge in [0, 0.05) is 19.9 Å². The maximum absolute atomic E-state index is 11.8. The van der Waals surface area contributed by atoms with Gasteiger partial charge in [0.1, 0.15) is 0 Å². The van der Waals surface area contributed by atoms with E-state index in [0.29, 0.717) is 0 Å². The zero-order valence-electron chi connectivity index (χ0n) is 10.9. The first-order valence-electron chi connectivity index (χ1n) is 5.70. The van der Waals surface area contributed by atoms with Gasteiger partial charge in [0.15, 0.2) is 9.84 Å². The Labute approximate surface area is 112 Å². The lowest BCUT2D eigenvalue weighted by Crippen LogP contribution is -2.28. The van der Waals surface area contributed by atoms with E-state index in [2.05, 4.69) is 5.32 Å². The molecule has 3 N–H and O–H groups in total. The van der Waals surface area contributed by atoms with E-state index in [1.165, 1.54) is 13.2 Å². The largest absolute Gasteiger partial charge is 0.380 e. The summed E-state index contributed by atoms with van der Waals surface area (Å²) < 4.78 is 28.1. The SMILES string of the molecule is COC(CN)CC(=O)Nc1ccccc1S(C)(=O)=O. The fourth-order valence-electron chi connectivity index (χ4n) is 1.56. The van der Waals surface area contributed by atoms with Gasteiger partial charge in [0.2, 0.25) is 5.91 Å². The lowest BCUT2D eigenvalue weighted by Gasteiger charge is -2.14. The van der Waals surface area contributed by atoms with Crippen molar-refractivity contribution in [1.29, 1.82) is 0 Å². The zero-order valence-corrected chi connectivity index (χ0v) is 11.7. The van der Waals surface area contributed by atoms with E-state index in [4.69, 9.17) is 10.5 Å². The van der Waals surface area contributed by atoms with Crippen LogP contribution in [0.25, 0.3) is 0 Å². The summed E-state index contributed by atoms with van der Waals surface area (Å²) in [4.78, 5) is 11.9. The molecule has 1 amide bonds. The average molecular weight is 286 g/mol. The van der Waals surface area contributed by atoms with Crippen LogP contribution in [0.1, 0.15) is 6.42 Å². The number of carbonyl (C=O) groups excluding carboxylic acids is 1. The number of sulfone groups is 1. The van der Waals surface area contributed by atoms with E-state index in [1.54, 1.807) is 18.2 Å². The number of nitrogens with two attached hydrogens (primary N) is 1. The van der Waals surface area contributed by atoms with Crippen molar-refractivity contribution in [3.8, 4) is 0 Å². The molecule has 106 valence electrons. The number of hydrogen-bond donors (Lipinski definition) is 2. The molecule has 1 rings (SSSR count). The van der Waals surface area contributed by atoms with Gasteiger partial charge in [-0.25, -0.2) is 8.42 Å². The van der Waals surface area contributed by atoms with Crippen LogP contribution in [0, 0.1) is 0 Å². The molecule has 0 aliphatic rings. The minimum atomic E-state index is -3.39. The number of nitrogens with one attached hydrogen (secondary N) is 1. The van der Waals surface area contributed by atoms with Crippen molar-refractivity contribution >= 4 is 21.4 Å². The first-order valence-corrected chi connectivity index (χ1v) is 7.59. The van der Waals surface area contributed by atoms with Crippen molar-refractivity contribution in [2.24, 2.45) is 5.73 Å². The number of rotatable bonds is 6. The monoisotopic (exact) mass is 286 g/mol. The first kappa shape index (κ1) is 15.6. The Morgan fingerprint density at radius 3 is 2.58 bits per heavy atom. The molecule has 0 bridgehead atoms. The summed E-state index contributed by atoms with van der Waals surface area (Å²) in [6, 6.07) is 6.24. The number of hydrogen-bond acceptors (Lipinski definition) is 5. The molecule has 0 radical (unpaired) electrons. The van der Waals surface area contributed by atoms with Crippen LogP contribution in [0.5, 0.6) is 0 Å². The summed E-state index contributed by atoms with van der Waals surface area (Å²) in [5, 5.41) is 2.56. The normalized spacial score (nSPS) is 13.0. The van der Waals surface area contributed by atoms with Gasteiger partial charge in [-0.15, -0.1) is 0 Å². The second-order valence-electron chi connectivity index (χ2n) is 4.11. The van der Waals surface area contributed by atoms with E-state index in [1.807, 2.05) is 0 Å². The molecule has 0 aromatic heterocycles. The van der Waals surface area contributed by atoms with E-state index < -0.39 is 9.84 Å². The molecule has 19 heavy (non-hydrogen) atoms. The standard InChI is InChI=1S/C12H18N2O4S/c1-18-9(8-13)7-12(15)14-10-5-3-4-6-11(10)19(2,16)17/h3-6,9H,7-8,13H2,1-2H3,(H,14,15). The smallest absolute Gasteiger partial charge is 0.227 e. The average Bonchev–Trinajstić information content (AvgIpc) is 2.35. The molecule has 1 atom stereocenters. The maximum Gasteiger partial charge on any atom is 0.227 e. The van der Waals surface area contributed by atoms with Crippen LogP contribution in [0.15, 0.2) is 29.2 Å². The number of para-hydroxylation sites is 1. The predicted molar refractivity (Wildman–Crippen MR) is 72.6 cm³/mol. The Hall–Kier alpha value is -1.44. The molecule has 7 heteroatoms. The molecule has 1 unspecified atom stereocenters. The van der Waals surface area contributed by atoms with Crippen LogP contribution >= 0.6 is 0 Å². The highest BCUT2D eigenvalue weighted by atomic mass is 32.2. The maximum atomic E-state index is 11.8. The summed E-state index contributed by atoms with van der Waals surface area (Å²) in [6.45, 7) is 0.220. The van der Waals surface area contributed by atoms with Gasteiger partial charge in [-0.05, 0) is 12.1 Å². The van der Waals surface area contributed by atoms with Crippen molar-refractivity contribution in [2.75, 3.05) is 25.2 Å². The highest BCUT2D eigenvalue weighted by Crippen LogP contribution is 2.20. The summed E-state index contributed by atoms with van der Waals surface area (Å²) in [5.74, 6) is -0.339. The Morgan fingerprint density at radius 1 is 1.42 bits per heavy atom. The van der Waals surface area contributed by atoms with Crippen molar-refractivity contribution in [2.45, 2.75) is 17.4 Å². The van der Waals surface area contributed by atoms with Gasteiger partial charge in [-0.1, -0.05) is 12.1 Å². The lowest BCUT2D eigenvalue weighted by molar-refractivity contribution is -0.118. The number of carbonyl (C=O) groups is 1. The van der Waals surface area contributed by atoms with Crippen molar-refractivity contribution in [1.82, 2.24) is 0 Å². The lowest BCUT2D eigenvalue weighted by atomic mass is 10.2. The van der Waals surface area contributed by atoms with Gasteiger partial charge >= 0.3 is 0 Å². The highest BCUT2D eigenvalue weighted by Gasteiger charge is 2.16. The quantitative estimate of drug-likeness (QED) is 0.788. The van der Waals surface area contributed by atoms with Gasteiger partial charge in [0.25, 0.3) is 0 Å². The van der Waals surface area contributed by atoms with Gasteiger partial charge in [-0.3, -0.25) is 4.79 Å². The van der Waals surface area contributed by atoms with Crippen LogP contribution < -0.4 is 11.1 Å². The molecule has 1 aromatic carbocycles. The van der Waals surface area contributed by atoms with Crippen LogP contribution in [0.2, 0.25) is 0 Å². The van der Waals surface area contributed by atoms with Gasteiger partial charge in [0.05, 0.1) is 23.1 Å². The summed E-state index contributed by atoms with van der Waals surface area (Å²) in [7, 11) is -1.92. The molecule has 0 heterocycles. The van der Waals surface area contributed by atoms with Crippen molar-refractivity contribution in [3.05, 3.63) is 24.3 Å². The highest BCUT2D eigenvalue weighted by molar-refractivity contribution is 7.90. The first-order chi connectivity index (χ1) is 8.88. The predicted octanol–water partition coefficient (Wildman–Crippen LogP) is 0.392. The minimum Gasteiger partial charge on any atom is -0.380 e. The van der Waals surface area contributed by atoms with Gasteiger partial charge in [-0.2, -0.15) is 0 Å². The Bertz CT molecular complexity index is 538. The van der Waals surface area contributed by atoms with Crippen LogP contribution in [-0.2, 0) is 19.4 Å². The number of amides is 1. The molecular formula is C12H18N2O4S.